The maximum atomic E-state index is 11.5. The fourth-order valence-corrected chi connectivity index (χ4v) is 2.30. The summed E-state index contributed by atoms with van der Waals surface area (Å²) in [6.45, 7) is 2.99. The number of allylic oxidation sites excluding steroid dienone is 1. The Kier molecular flexibility index (Phi) is 3.45. The van der Waals surface area contributed by atoms with E-state index in [1.807, 2.05) is 0 Å². The predicted octanol–water partition coefficient (Wildman–Crippen LogP) is 2.65. The summed E-state index contributed by atoms with van der Waals surface area (Å²) in [4.78, 5) is 11.5. The molecule has 2 atom stereocenters. The minimum absolute atomic E-state index is 0.277. The summed E-state index contributed by atoms with van der Waals surface area (Å²) < 4.78 is 0. The number of carbonyl (C=O) groups excluding carboxylic acids is 1. The molecule has 0 radical (unpaired) electrons. The van der Waals surface area contributed by atoms with Crippen molar-refractivity contribution >= 4 is 5.91 Å². The summed E-state index contributed by atoms with van der Waals surface area (Å²) in [5, 5.41) is 3.04. The molecule has 2 aliphatic carbocycles. The highest BCUT2D eigenvalue weighted by Crippen LogP contribution is 2.37. The first-order chi connectivity index (χ1) is 7.27. The standard InChI is InChI=1S/C13H21NO/c1-10-9-12(10)13(15)14-8-7-11-5-3-2-4-6-11/h5,10,12H,2-4,6-9H2,1H3,(H,14,15)/t10-,12+/m1/s1. The molecule has 0 aromatic heterocycles. The third-order valence-corrected chi connectivity index (χ3v) is 3.58. The summed E-state index contributed by atoms with van der Waals surface area (Å²) in [6.07, 6.45) is 9.67. The highest BCUT2D eigenvalue weighted by atomic mass is 16.2. The molecule has 1 fully saturated rings. The van der Waals surface area contributed by atoms with Crippen molar-refractivity contribution in [3.63, 3.8) is 0 Å². The Morgan fingerprint density at radius 2 is 2.33 bits per heavy atom. The maximum absolute atomic E-state index is 11.5. The van der Waals surface area contributed by atoms with Crippen LogP contribution in [-0.4, -0.2) is 12.5 Å². The van der Waals surface area contributed by atoms with Gasteiger partial charge in [0.15, 0.2) is 0 Å². The van der Waals surface area contributed by atoms with Gasteiger partial charge < -0.3 is 5.32 Å². The van der Waals surface area contributed by atoms with Gasteiger partial charge >= 0.3 is 0 Å². The smallest absolute Gasteiger partial charge is 0.223 e. The number of amides is 1. The van der Waals surface area contributed by atoms with E-state index in [0.717, 1.165) is 19.4 Å². The third-order valence-electron chi connectivity index (χ3n) is 3.58. The minimum atomic E-state index is 0.277. The lowest BCUT2D eigenvalue weighted by atomic mass is 9.97. The number of carbonyl (C=O) groups is 1. The van der Waals surface area contributed by atoms with Crippen LogP contribution in [0.3, 0.4) is 0 Å². The van der Waals surface area contributed by atoms with Crippen LogP contribution in [0.15, 0.2) is 11.6 Å². The van der Waals surface area contributed by atoms with E-state index in [4.69, 9.17) is 0 Å². The molecule has 0 unspecified atom stereocenters. The average molecular weight is 207 g/mol. The van der Waals surface area contributed by atoms with Gasteiger partial charge in [-0.05, 0) is 44.4 Å². The van der Waals surface area contributed by atoms with Crippen molar-refractivity contribution in [2.24, 2.45) is 11.8 Å². The summed E-state index contributed by atoms with van der Waals surface area (Å²) in [6, 6.07) is 0. The Morgan fingerprint density at radius 1 is 1.53 bits per heavy atom. The van der Waals surface area contributed by atoms with Crippen molar-refractivity contribution < 1.29 is 4.79 Å². The van der Waals surface area contributed by atoms with E-state index in [0.29, 0.717) is 11.8 Å². The molecule has 0 saturated heterocycles. The number of hydrogen-bond donors (Lipinski definition) is 1. The van der Waals surface area contributed by atoms with Gasteiger partial charge in [-0.3, -0.25) is 4.79 Å². The van der Waals surface area contributed by atoms with Crippen LogP contribution in [0.2, 0.25) is 0 Å². The molecule has 2 aliphatic rings. The van der Waals surface area contributed by atoms with Crippen molar-refractivity contribution in [3.05, 3.63) is 11.6 Å². The zero-order valence-corrected chi connectivity index (χ0v) is 9.59. The highest BCUT2D eigenvalue weighted by Gasteiger charge is 2.38. The zero-order valence-electron chi connectivity index (χ0n) is 9.59. The number of hydrogen-bond acceptors (Lipinski definition) is 1. The molecule has 0 aromatic carbocycles. The molecule has 15 heavy (non-hydrogen) atoms. The maximum Gasteiger partial charge on any atom is 0.223 e. The van der Waals surface area contributed by atoms with Crippen LogP contribution in [0.4, 0.5) is 0 Å². The fraction of sp³-hybridized carbons (Fsp3) is 0.769. The molecule has 1 saturated carbocycles. The van der Waals surface area contributed by atoms with Crippen LogP contribution >= 0.6 is 0 Å². The Bertz CT molecular complexity index is 270. The van der Waals surface area contributed by atoms with Gasteiger partial charge in [-0.1, -0.05) is 18.6 Å². The van der Waals surface area contributed by atoms with Crippen molar-refractivity contribution in [1.29, 1.82) is 0 Å². The molecule has 0 aromatic rings. The van der Waals surface area contributed by atoms with Crippen LogP contribution < -0.4 is 5.32 Å². The molecule has 2 heteroatoms. The molecule has 0 heterocycles. The van der Waals surface area contributed by atoms with E-state index in [1.54, 1.807) is 5.57 Å². The summed E-state index contributed by atoms with van der Waals surface area (Å²) in [5.74, 6) is 1.23. The lowest BCUT2D eigenvalue weighted by Crippen LogP contribution is -2.26. The summed E-state index contributed by atoms with van der Waals surface area (Å²) >= 11 is 0. The second-order valence-corrected chi connectivity index (χ2v) is 4.97. The van der Waals surface area contributed by atoms with E-state index < -0.39 is 0 Å². The first kappa shape index (κ1) is 10.7. The molecular weight excluding hydrogens is 186 g/mol. The normalized spacial score (nSPS) is 29.5. The lowest BCUT2D eigenvalue weighted by Gasteiger charge is -2.12. The van der Waals surface area contributed by atoms with Crippen molar-refractivity contribution in [2.45, 2.75) is 45.4 Å². The Balaban J connectivity index is 1.62. The molecule has 1 amide bonds. The molecule has 0 spiro atoms. The highest BCUT2D eigenvalue weighted by molar-refractivity contribution is 5.81. The van der Waals surface area contributed by atoms with E-state index >= 15 is 0 Å². The first-order valence-electron chi connectivity index (χ1n) is 6.23. The van der Waals surface area contributed by atoms with E-state index in [-0.39, 0.29) is 5.91 Å². The Hall–Kier alpha value is -0.790. The van der Waals surface area contributed by atoms with E-state index in [9.17, 15) is 4.79 Å². The van der Waals surface area contributed by atoms with Gasteiger partial charge in [-0.15, -0.1) is 0 Å². The largest absolute Gasteiger partial charge is 0.356 e. The zero-order chi connectivity index (χ0) is 10.7. The quantitative estimate of drug-likeness (QED) is 0.705. The third kappa shape index (κ3) is 3.08. The van der Waals surface area contributed by atoms with Gasteiger partial charge in [-0.2, -0.15) is 0 Å². The number of rotatable bonds is 4. The Labute approximate surface area is 92.1 Å². The minimum Gasteiger partial charge on any atom is -0.356 e. The molecule has 2 nitrogen and oxygen atoms in total. The van der Waals surface area contributed by atoms with Gasteiger partial charge in [0.1, 0.15) is 0 Å². The van der Waals surface area contributed by atoms with E-state index in [2.05, 4.69) is 18.3 Å². The molecule has 0 aliphatic heterocycles. The average Bonchev–Trinajstić information content (AvgIpc) is 2.97. The predicted molar refractivity (Wildman–Crippen MR) is 61.4 cm³/mol. The Morgan fingerprint density at radius 3 is 2.93 bits per heavy atom. The second kappa shape index (κ2) is 4.82. The SMILES string of the molecule is C[C@@H]1C[C@@H]1C(=O)NCCC1=CCCCC1. The molecule has 1 N–H and O–H groups in total. The van der Waals surface area contributed by atoms with Crippen LogP contribution in [0.1, 0.15) is 45.4 Å². The molecule has 0 bridgehead atoms. The van der Waals surface area contributed by atoms with E-state index in [1.165, 1.54) is 25.7 Å². The van der Waals surface area contributed by atoms with Gasteiger partial charge in [0, 0.05) is 12.5 Å². The van der Waals surface area contributed by atoms with Crippen molar-refractivity contribution in [1.82, 2.24) is 5.32 Å². The lowest BCUT2D eigenvalue weighted by molar-refractivity contribution is -0.122. The fourth-order valence-electron chi connectivity index (χ4n) is 2.30. The van der Waals surface area contributed by atoms with Crippen LogP contribution in [-0.2, 0) is 4.79 Å². The second-order valence-electron chi connectivity index (χ2n) is 4.97. The first-order valence-corrected chi connectivity index (χ1v) is 6.23. The monoisotopic (exact) mass is 207 g/mol. The summed E-state index contributed by atoms with van der Waals surface area (Å²) in [5.41, 5.74) is 1.55. The van der Waals surface area contributed by atoms with Gasteiger partial charge in [0.25, 0.3) is 0 Å². The van der Waals surface area contributed by atoms with Gasteiger partial charge in [-0.25, -0.2) is 0 Å². The molecule has 84 valence electrons. The van der Waals surface area contributed by atoms with Crippen molar-refractivity contribution in [2.75, 3.05) is 6.54 Å². The van der Waals surface area contributed by atoms with Gasteiger partial charge in [0.2, 0.25) is 5.91 Å². The van der Waals surface area contributed by atoms with Crippen LogP contribution in [0.25, 0.3) is 0 Å². The number of nitrogens with one attached hydrogen (secondary N) is 1. The molecular formula is C13H21NO. The van der Waals surface area contributed by atoms with Gasteiger partial charge in [0.05, 0.1) is 0 Å². The summed E-state index contributed by atoms with van der Waals surface area (Å²) in [7, 11) is 0. The topological polar surface area (TPSA) is 29.1 Å². The van der Waals surface area contributed by atoms with Crippen LogP contribution in [0, 0.1) is 11.8 Å². The van der Waals surface area contributed by atoms with Crippen LogP contribution in [0.5, 0.6) is 0 Å². The molecule has 2 rings (SSSR count). The van der Waals surface area contributed by atoms with Crippen molar-refractivity contribution in [3.8, 4) is 0 Å².